The predicted molar refractivity (Wildman–Crippen MR) is 105 cm³/mol. The van der Waals surface area contributed by atoms with E-state index < -0.39 is 0 Å². The molecule has 148 valence electrons. The fourth-order valence-electron chi connectivity index (χ4n) is 2.68. The number of carbonyl (C=O) groups excluding carboxylic acids is 3. The first-order valence-corrected chi connectivity index (χ1v) is 9.60. The Hall–Kier alpha value is -2.12. The first-order valence-electron chi connectivity index (χ1n) is 9.23. The molecule has 0 spiro atoms. The maximum Gasteiger partial charge on any atom is 0.278 e. The minimum absolute atomic E-state index is 0.0389. The Morgan fingerprint density at radius 2 is 1.93 bits per heavy atom. The van der Waals surface area contributed by atoms with Gasteiger partial charge in [0, 0.05) is 23.3 Å². The number of hydrogen-bond acceptors (Lipinski definition) is 3. The van der Waals surface area contributed by atoms with Gasteiger partial charge in [-0.3, -0.25) is 14.4 Å². The highest BCUT2D eigenvalue weighted by Crippen LogP contribution is 2.20. The molecule has 3 N–H and O–H groups in total. The molecule has 1 aromatic rings. The Labute approximate surface area is 165 Å². The quantitative estimate of drug-likeness (QED) is 0.559. The summed E-state index contributed by atoms with van der Waals surface area (Å²) in [6.07, 6.45) is 2.07. The maximum absolute atomic E-state index is 12.5. The molecule has 0 aromatic heterocycles. The number of hydrogen-bond donors (Lipinski definition) is 3. The maximum atomic E-state index is 12.5. The van der Waals surface area contributed by atoms with Crippen molar-refractivity contribution in [1.29, 1.82) is 0 Å². The van der Waals surface area contributed by atoms with Gasteiger partial charge in [0.15, 0.2) is 13.1 Å². The molecule has 1 aliphatic rings. The topological polar surface area (TPSA) is 83.0 Å². The van der Waals surface area contributed by atoms with E-state index in [4.69, 9.17) is 11.6 Å². The highest BCUT2D eigenvalue weighted by molar-refractivity contribution is 6.31. The molecular formula is C19H28ClN4O3+. The van der Waals surface area contributed by atoms with Crippen LogP contribution in [0.2, 0.25) is 5.02 Å². The van der Waals surface area contributed by atoms with E-state index in [1.807, 2.05) is 19.9 Å². The van der Waals surface area contributed by atoms with Crippen molar-refractivity contribution in [3.05, 3.63) is 28.8 Å². The van der Waals surface area contributed by atoms with Gasteiger partial charge in [0.05, 0.1) is 7.05 Å². The summed E-state index contributed by atoms with van der Waals surface area (Å²) in [5, 5.41) is 6.24. The molecule has 0 radical (unpaired) electrons. The van der Waals surface area contributed by atoms with E-state index in [2.05, 4.69) is 10.6 Å². The van der Waals surface area contributed by atoms with E-state index in [1.165, 1.54) is 4.90 Å². The molecule has 1 fully saturated rings. The van der Waals surface area contributed by atoms with Gasteiger partial charge in [0.1, 0.15) is 6.54 Å². The largest absolute Gasteiger partial charge is 0.348 e. The van der Waals surface area contributed by atoms with Gasteiger partial charge in [-0.15, -0.1) is 0 Å². The fourth-order valence-corrected chi connectivity index (χ4v) is 2.85. The van der Waals surface area contributed by atoms with Crippen molar-refractivity contribution < 1.29 is 19.3 Å². The molecule has 8 heteroatoms. The zero-order valence-corrected chi connectivity index (χ0v) is 16.9. The summed E-state index contributed by atoms with van der Waals surface area (Å²) in [7, 11) is 1.80. The summed E-state index contributed by atoms with van der Waals surface area (Å²) >= 11 is 5.97. The van der Waals surface area contributed by atoms with Crippen LogP contribution in [-0.4, -0.2) is 61.9 Å². The number of halogens is 1. The molecule has 2 rings (SSSR count). The average molecular weight is 396 g/mol. The van der Waals surface area contributed by atoms with Crippen LogP contribution in [0.3, 0.4) is 0 Å². The van der Waals surface area contributed by atoms with Crippen LogP contribution in [0.25, 0.3) is 0 Å². The van der Waals surface area contributed by atoms with Crippen LogP contribution in [0.15, 0.2) is 18.2 Å². The zero-order chi connectivity index (χ0) is 20.0. The van der Waals surface area contributed by atoms with Crippen molar-refractivity contribution in [2.24, 2.45) is 0 Å². The second-order valence-electron chi connectivity index (χ2n) is 7.07. The smallest absolute Gasteiger partial charge is 0.278 e. The van der Waals surface area contributed by atoms with Crippen LogP contribution in [0, 0.1) is 6.92 Å². The number of carbonyl (C=O) groups is 3. The molecule has 0 saturated heterocycles. The number of likely N-dealkylation sites (N-methyl/N-ethyl adjacent to an activating group) is 2. The predicted octanol–water partition coefficient (Wildman–Crippen LogP) is 0.229. The van der Waals surface area contributed by atoms with Gasteiger partial charge in [0.25, 0.3) is 11.8 Å². The van der Waals surface area contributed by atoms with Gasteiger partial charge in [-0.25, -0.2) is 0 Å². The molecule has 1 saturated carbocycles. The highest BCUT2D eigenvalue weighted by Gasteiger charge is 2.26. The van der Waals surface area contributed by atoms with Crippen molar-refractivity contribution in [3.8, 4) is 0 Å². The molecule has 27 heavy (non-hydrogen) atoms. The van der Waals surface area contributed by atoms with E-state index in [9.17, 15) is 14.4 Å². The number of quaternary nitrogens is 1. The first kappa shape index (κ1) is 21.2. The molecule has 0 heterocycles. The Balaban J connectivity index is 1.83. The van der Waals surface area contributed by atoms with Crippen molar-refractivity contribution in [3.63, 3.8) is 0 Å². The van der Waals surface area contributed by atoms with Crippen LogP contribution in [0.4, 0.5) is 5.69 Å². The number of amides is 3. The van der Waals surface area contributed by atoms with E-state index >= 15 is 0 Å². The summed E-state index contributed by atoms with van der Waals surface area (Å²) in [6.45, 7) is 4.49. The highest BCUT2D eigenvalue weighted by atomic mass is 35.5. The Morgan fingerprint density at radius 1 is 1.22 bits per heavy atom. The Bertz CT molecular complexity index is 706. The normalized spacial score (nSPS) is 14.4. The number of rotatable bonds is 9. The van der Waals surface area contributed by atoms with Crippen LogP contribution in [0.5, 0.6) is 0 Å². The van der Waals surface area contributed by atoms with E-state index in [0.717, 1.165) is 23.3 Å². The van der Waals surface area contributed by atoms with E-state index in [1.54, 1.807) is 19.2 Å². The molecule has 0 bridgehead atoms. The number of anilines is 1. The summed E-state index contributed by atoms with van der Waals surface area (Å²) in [5.74, 6) is -0.480. The number of benzene rings is 1. The second-order valence-corrected chi connectivity index (χ2v) is 7.50. The van der Waals surface area contributed by atoms with Crippen LogP contribution < -0.4 is 15.5 Å². The lowest BCUT2D eigenvalue weighted by atomic mass is 10.2. The summed E-state index contributed by atoms with van der Waals surface area (Å²) in [5.41, 5.74) is 1.53. The summed E-state index contributed by atoms with van der Waals surface area (Å²) < 4.78 is 0. The van der Waals surface area contributed by atoms with Crippen molar-refractivity contribution in [2.75, 3.05) is 38.5 Å². The number of nitrogens with zero attached hydrogens (tertiary/aromatic N) is 1. The van der Waals surface area contributed by atoms with E-state index in [0.29, 0.717) is 23.3 Å². The van der Waals surface area contributed by atoms with Gasteiger partial charge >= 0.3 is 0 Å². The third kappa shape index (κ3) is 7.19. The lowest BCUT2D eigenvalue weighted by molar-refractivity contribution is -0.863. The minimum Gasteiger partial charge on any atom is -0.348 e. The number of nitrogens with one attached hydrogen (secondary N) is 3. The molecule has 0 aliphatic heterocycles. The summed E-state index contributed by atoms with van der Waals surface area (Å²) in [6, 6.07) is 5.58. The SMILES string of the molecule is CCN(CC(=O)Nc1cc(Cl)ccc1C)C(=O)C[NH+](C)CC(=O)NC1CC1. The molecule has 1 aromatic carbocycles. The standard InChI is InChI=1S/C19H27ClN4O3/c1-4-24(11-18(26)22-16-9-14(20)6-5-13(16)2)19(27)12-23(3)10-17(25)21-15-7-8-15/h5-6,9,15H,4,7-8,10-12H2,1-3H3,(H,21,25)(H,22,26)/p+1. The van der Waals surface area contributed by atoms with Gasteiger partial charge in [0.2, 0.25) is 5.91 Å². The van der Waals surface area contributed by atoms with Crippen LogP contribution >= 0.6 is 11.6 Å². The summed E-state index contributed by atoms with van der Waals surface area (Å²) in [4.78, 5) is 38.9. The molecule has 3 amide bonds. The molecule has 1 aliphatic carbocycles. The first-order chi connectivity index (χ1) is 12.8. The van der Waals surface area contributed by atoms with Gasteiger partial charge in [-0.1, -0.05) is 17.7 Å². The third-order valence-electron chi connectivity index (χ3n) is 4.40. The molecule has 1 unspecified atom stereocenters. The molecule has 1 atom stereocenters. The Kier molecular flexibility index (Phi) is 7.62. The van der Waals surface area contributed by atoms with E-state index in [-0.39, 0.29) is 37.4 Å². The molecular weight excluding hydrogens is 368 g/mol. The Morgan fingerprint density at radius 3 is 2.56 bits per heavy atom. The van der Waals surface area contributed by atoms with Crippen LogP contribution in [0.1, 0.15) is 25.3 Å². The van der Waals surface area contributed by atoms with Crippen molar-refractivity contribution in [1.82, 2.24) is 10.2 Å². The van der Waals surface area contributed by atoms with Gasteiger partial charge in [-0.2, -0.15) is 0 Å². The average Bonchev–Trinajstić information content (AvgIpc) is 3.39. The second kappa shape index (κ2) is 9.71. The zero-order valence-electron chi connectivity index (χ0n) is 16.1. The lowest BCUT2D eigenvalue weighted by Crippen LogP contribution is -3.11. The van der Waals surface area contributed by atoms with Crippen molar-refractivity contribution >= 4 is 35.0 Å². The third-order valence-corrected chi connectivity index (χ3v) is 4.64. The number of aryl methyl sites for hydroxylation is 1. The van der Waals surface area contributed by atoms with Gasteiger partial charge < -0.3 is 20.4 Å². The fraction of sp³-hybridized carbons (Fsp3) is 0.526. The van der Waals surface area contributed by atoms with Gasteiger partial charge in [-0.05, 0) is 44.4 Å². The van der Waals surface area contributed by atoms with Crippen molar-refractivity contribution in [2.45, 2.75) is 32.7 Å². The monoisotopic (exact) mass is 395 g/mol. The lowest BCUT2D eigenvalue weighted by Gasteiger charge is -2.22. The van der Waals surface area contributed by atoms with Crippen LogP contribution in [-0.2, 0) is 14.4 Å². The molecule has 7 nitrogen and oxygen atoms in total. The minimum atomic E-state index is -0.278.